The van der Waals surface area contributed by atoms with Gasteiger partial charge in [-0.15, -0.1) is 0 Å². The van der Waals surface area contributed by atoms with E-state index in [4.69, 9.17) is 9.47 Å². The van der Waals surface area contributed by atoms with E-state index in [-0.39, 0.29) is 5.69 Å². The summed E-state index contributed by atoms with van der Waals surface area (Å²) in [5.41, 5.74) is 1.63. The van der Waals surface area contributed by atoms with Gasteiger partial charge in [0.05, 0.1) is 25.2 Å². The van der Waals surface area contributed by atoms with Gasteiger partial charge in [-0.2, -0.15) is 0 Å². The van der Waals surface area contributed by atoms with Crippen molar-refractivity contribution in [2.45, 2.75) is 6.54 Å². The maximum absolute atomic E-state index is 10.9. The Morgan fingerprint density at radius 2 is 1.86 bits per heavy atom. The monoisotopic (exact) mass is 288 g/mol. The zero-order chi connectivity index (χ0) is 15.2. The second kappa shape index (κ2) is 6.60. The summed E-state index contributed by atoms with van der Waals surface area (Å²) in [7, 11) is 3.09. The van der Waals surface area contributed by atoms with Gasteiger partial charge < -0.3 is 14.8 Å². The second-order valence-corrected chi connectivity index (χ2v) is 4.38. The third kappa shape index (κ3) is 3.85. The minimum atomic E-state index is -0.445. The Balaban J connectivity index is 2.15. The average Bonchev–Trinajstić information content (AvgIpc) is 2.52. The summed E-state index contributed by atoms with van der Waals surface area (Å²) in [6.07, 6.45) is 0. The molecule has 0 amide bonds. The lowest BCUT2D eigenvalue weighted by molar-refractivity contribution is -0.384. The maximum Gasteiger partial charge on any atom is 0.275 e. The molecule has 2 aromatic rings. The van der Waals surface area contributed by atoms with Gasteiger partial charge in [0.2, 0.25) is 0 Å². The van der Waals surface area contributed by atoms with Crippen molar-refractivity contribution in [3.8, 4) is 11.5 Å². The molecule has 0 fully saturated rings. The van der Waals surface area contributed by atoms with Crippen LogP contribution < -0.4 is 14.8 Å². The molecule has 0 aliphatic rings. The molecule has 0 aromatic heterocycles. The van der Waals surface area contributed by atoms with E-state index < -0.39 is 4.92 Å². The highest BCUT2D eigenvalue weighted by Crippen LogP contribution is 2.26. The summed E-state index contributed by atoms with van der Waals surface area (Å²) in [6.45, 7) is 0.529. The van der Waals surface area contributed by atoms with Crippen LogP contribution >= 0.6 is 0 Å². The zero-order valence-electron chi connectivity index (χ0n) is 11.8. The Morgan fingerprint density at radius 3 is 2.52 bits per heavy atom. The highest BCUT2D eigenvalue weighted by Gasteiger charge is 2.10. The van der Waals surface area contributed by atoms with Crippen molar-refractivity contribution in [3.63, 3.8) is 0 Å². The van der Waals surface area contributed by atoms with Crippen molar-refractivity contribution in [1.29, 1.82) is 0 Å². The van der Waals surface area contributed by atoms with E-state index in [2.05, 4.69) is 5.32 Å². The van der Waals surface area contributed by atoms with Crippen LogP contribution in [0.15, 0.2) is 42.5 Å². The van der Waals surface area contributed by atoms with Crippen LogP contribution in [0.2, 0.25) is 0 Å². The number of nitro groups is 1. The first-order valence-corrected chi connectivity index (χ1v) is 6.32. The second-order valence-electron chi connectivity index (χ2n) is 4.38. The van der Waals surface area contributed by atoms with Crippen molar-refractivity contribution in [1.82, 2.24) is 0 Å². The van der Waals surface area contributed by atoms with Crippen LogP contribution in [0.25, 0.3) is 0 Å². The van der Waals surface area contributed by atoms with Crippen molar-refractivity contribution in [3.05, 3.63) is 58.1 Å². The number of hydrogen-bond donors (Lipinski definition) is 1. The number of anilines is 1. The zero-order valence-corrected chi connectivity index (χ0v) is 11.8. The number of hydrogen-bond acceptors (Lipinski definition) is 5. The first-order valence-electron chi connectivity index (χ1n) is 6.32. The Hall–Kier alpha value is -2.76. The fourth-order valence-corrected chi connectivity index (χ4v) is 1.90. The first kappa shape index (κ1) is 14.6. The summed E-state index contributed by atoms with van der Waals surface area (Å²) < 4.78 is 10.2. The summed E-state index contributed by atoms with van der Waals surface area (Å²) in [5, 5.41) is 14.0. The number of benzene rings is 2. The molecular formula is C15H16N2O4. The minimum absolute atomic E-state index is 0.0116. The van der Waals surface area contributed by atoms with Gasteiger partial charge in [-0.05, 0) is 17.7 Å². The third-order valence-electron chi connectivity index (χ3n) is 2.97. The predicted molar refractivity (Wildman–Crippen MR) is 80.0 cm³/mol. The van der Waals surface area contributed by atoms with Gasteiger partial charge >= 0.3 is 0 Å². The lowest BCUT2D eigenvalue weighted by Gasteiger charge is -2.09. The van der Waals surface area contributed by atoms with Crippen molar-refractivity contribution in [2.75, 3.05) is 19.5 Å². The van der Waals surface area contributed by atoms with Crippen LogP contribution in [-0.4, -0.2) is 19.1 Å². The van der Waals surface area contributed by atoms with E-state index in [1.807, 2.05) is 24.3 Å². The molecule has 0 unspecified atom stereocenters. The molecule has 0 aliphatic heterocycles. The fourth-order valence-electron chi connectivity index (χ4n) is 1.90. The molecular weight excluding hydrogens is 272 g/mol. The van der Waals surface area contributed by atoms with Crippen molar-refractivity contribution in [2.24, 2.45) is 0 Å². The van der Waals surface area contributed by atoms with E-state index in [0.717, 1.165) is 11.3 Å². The fraction of sp³-hybridized carbons (Fsp3) is 0.200. The molecule has 0 atom stereocenters. The predicted octanol–water partition coefficient (Wildman–Crippen LogP) is 3.22. The summed E-state index contributed by atoms with van der Waals surface area (Å²) in [4.78, 5) is 10.4. The smallest absolute Gasteiger partial charge is 0.275 e. The number of nitro benzene ring substituents is 1. The Morgan fingerprint density at radius 1 is 1.10 bits per heavy atom. The van der Waals surface area contributed by atoms with Crippen LogP contribution in [0.1, 0.15) is 5.56 Å². The maximum atomic E-state index is 10.9. The van der Waals surface area contributed by atoms with Crippen LogP contribution in [0.3, 0.4) is 0 Å². The summed E-state index contributed by atoms with van der Waals surface area (Å²) >= 11 is 0. The molecule has 0 saturated carbocycles. The van der Waals surface area contributed by atoms with Crippen LogP contribution in [-0.2, 0) is 6.54 Å². The molecule has 110 valence electrons. The SMILES string of the molecule is COc1cccc(CNc2cc(OC)cc([N+](=O)[O-])c2)c1. The molecule has 0 spiro atoms. The van der Waals surface area contributed by atoms with Crippen molar-refractivity contribution >= 4 is 11.4 Å². The molecule has 6 nitrogen and oxygen atoms in total. The van der Waals surface area contributed by atoms with Gasteiger partial charge in [-0.3, -0.25) is 10.1 Å². The highest BCUT2D eigenvalue weighted by atomic mass is 16.6. The molecule has 1 N–H and O–H groups in total. The van der Waals surface area contributed by atoms with E-state index in [9.17, 15) is 10.1 Å². The average molecular weight is 288 g/mol. The van der Waals surface area contributed by atoms with E-state index >= 15 is 0 Å². The highest BCUT2D eigenvalue weighted by molar-refractivity contribution is 5.56. The van der Waals surface area contributed by atoms with Gasteiger partial charge in [-0.25, -0.2) is 0 Å². The van der Waals surface area contributed by atoms with Crippen LogP contribution in [0.4, 0.5) is 11.4 Å². The third-order valence-corrected chi connectivity index (χ3v) is 2.97. The minimum Gasteiger partial charge on any atom is -0.497 e. The van der Waals surface area contributed by atoms with E-state index in [0.29, 0.717) is 18.0 Å². The number of nitrogens with zero attached hydrogens (tertiary/aromatic N) is 1. The van der Waals surface area contributed by atoms with Crippen molar-refractivity contribution < 1.29 is 14.4 Å². The summed E-state index contributed by atoms with van der Waals surface area (Å²) in [5.74, 6) is 1.21. The number of ether oxygens (including phenoxy) is 2. The lowest BCUT2D eigenvalue weighted by atomic mass is 10.2. The van der Waals surface area contributed by atoms with Gasteiger partial charge in [0.25, 0.3) is 5.69 Å². The Bertz CT molecular complexity index is 643. The van der Waals surface area contributed by atoms with Gasteiger partial charge in [0.15, 0.2) is 0 Å². The van der Waals surface area contributed by atoms with Gasteiger partial charge in [-0.1, -0.05) is 12.1 Å². The first-order chi connectivity index (χ1) is 10.1. The molecule has 0 aliphatic carbocycles. The van der Waals surface area contributed by atoms with Gasteiger partial charge in [0.1, 0.15) is 11.5 Å². The quantitative estimate of drug-likeness (QED) is 0.652. The molecule has 2 aromatic carbocycles. The van der Waals surface area contributed by atoms with Crippen LogP contribution in [0, 0.1) is 10.1 Å². The Labute approximate surface area is 122 Å². The molecule has 6 heteroatoms. The topological polar surface area (TPSA) is 73.6 Å². The van der Waals surface area contributed by atoms with Gasteiger partial charge in [0, 0.05) is 24.4 Å². The van der Waals surface area contributed by atoms with E-state index in [1.54, 1.807) is 13.2 Å². The number of methoxy groups -OCH3 is 2. The Kier molecular flexibility index (Phi) is 4.61. The summed E-state index contributed by atoms with van der Waals surface area (Å²) in [6, 6.07) is 12.2. The number of nitrogens with one attached hydrogen (secondary N) is 1. The normalized spacial score (nSPS) is 10.0. The largest absolute Gasteiger partial charge is 0.497 e. The molecule has 0 saturated heterocycles. The standard InChI is InChI=1S/C15H16N2O4/c1-20-14-5-3-4-11(6-14)10-16-12-7-13(17(18)19)9-15(8-12)21-2/h3-9,16H,10H2,1-2H3. The molecule has 2 rings (SSSR count). The molecule has 0 radical (unpaired) electrons. The number of rotatable bonds is 6. The molecule has 0 bridgehead atoms. The van der Waals surface area contributed by atoms with E-state index in [1.165, 1.54) is 19.2 Å². The lowest BCUT2D eigenvalue weighted by Crippen LogP contribution is -2.01. The van der Waals surface area contributed by atoms with Crippen LogP contribution in [0.5, 0.6) is 11.5 Å². The molecule has 0 heterocycles. The molecule has 21 heavy (non-hydrogen) atoms. The number of non-ortho nitro benzene ring substituents is 1.